The van der Waals surface area contributed by atoms with Gasteiger partial charge < -0.3 is 25.8 Å². The van der Waals surface area contributed by atoms with Gasteiger partial charge in [0.25, 0.3) is 0 Å². The van der Waals surface area contributed by atoms with Crippen LogP contribution in [-0.4, -0.2) is 67.6 Å². The van der Waals surface area contributed by atoms with Crippen LogP contribution in [0.5, 0.6) is 5.88 Å². The number of piperidine rings is 1. The first-order valence-electron chi connectivity index (χ1n) is 13.3. The van der Waals surface area contributed by atoms with Crippen LogP contribution in [0.25, 0.3) is 11.1 Å². The molecule has 2 atom stereocenters. The number of halogens is 4. The molecule has 3 aromatic rings. The van der Waals surface area contributed by atoms with Gasteiger partial charge in [-0.25, -0.2) is 8.42 Å². The second-order valence-corrected chi connectivity index (χ2v) is 13.4. The molecule has 43 heavy (non-hydrogen) atoms. The number of sulfone groups is 1. The number of hydrogen-bond acceptors (Lipinski definition) is 9. The van der Waals surface area contributed by atoms with Crippen LogP contribution in [0.2, 0.25) is 5.02 Å². The number of aromatic nitrogens is 2. The number of nitrogens with zero attached hydrogens (tertiary/aromatic N) is 3. The number of nitrogens with one attached hydrogen (secondary N) is 1. The zero-order chi connectivity index (χ0) is 31.2. The molecule has 4 N–H and O–H groups in total. The van der Waals surface area contributed by atoms with E-state index >= 15 is 0 Å². The number of carbonyl (C=O) groups is 1. The molecule has 0 amide bonds. The number of nitrogen functional groups attached to an aromatic ring is 1. The predicted molar refractivity (Wildman–Crippen MR) is 154 cm³/mol. The molecule has 2 aliphatic rings. The fourth-order valence-electron chi connectivity index (χ4n) is 5.66. The van der Waals surface area contributed by atoms with E-state index in [2.05, 4.69) is 15.3 Å². The lowest BCUT2D eigenvalue weighted by atomic mass is 9.76. The summed E-state index contributed by atoms with van der Waals surface area (Å²) < 4.78 is 73.5. The Morgan fingerprint density at radius 3 is 2.53 bits per heavy atom. The molecule has 230 valence electrons. The summed E-state index contributed by atoms with van der Waals surface area (Å²) in [5.74, 6) is -1.28. The Morgan fingerprint density at radius 2 is 1.91 bits per heavy atom. The maximum Gasteiger partial charge on any atom is 0.429 e. The standard InChI is InChI=1S/C28H29ClF3N5O5S/c1-43(40,41)18-4-2-3-16(11-18)20-12-17(29)5-6-19(20)24(28(30,31)32)42-23-13-22(35-26(33)36-23)37-9-7-27(8-10-37)14-21(25(38)39)34-15-27/h2-6,11-13,21,24,34H,7-10,14-15H2,1H3,(H,38,39)(H2,33,35,36)/t21-,24?/m0/s1. The van der Waals surface area contributed by atoms with E-state index in [-0.39, 0.29) is 43.8 Å². The number of benzene rings is 2. The van der Waals surface area contributed by atoms with Crippen LogP contribution in [0.1, 0.15) is 30.9 Å². The predicted octanol–water partition coefficient (Wildman–Crippen LogP) is 4.50. The van der Waals surface area contributed by atoms with Gasteiger partial charge in [-0.2, -0.15) is 23.1 Å². The van der Waals surface area contributed by atoms with Gasteiger partial charge in [0.05, 0.1) is 4.90 Å². The summed E-state index contributed by atoms with van der Waals surface area (Å²) in [6.07, 6.45) is -4.59. The van der Waals surface area contributed by atoms with Crippen molar-refractivity contribution in [1.82, 2.24) is 15.3 Å². The van der Waals surface area contributed by atoms with Crippen molar-refractivity contribution in [1.29, 1.82) is 0 Å². The van der Waals surface area contributed by atoms with Crippen LogP contribution >= 0.6 is 11.6 Å². The third kappa shape index (κ3) is 6.81. The number of alkyl halides is 3. The minimum atomic E-state index is -4.91. The van der Waals surface area contributed by atoms with Gasteiger partial charge >= 0.3 is 12.1 Å². The summed E-state index contributed by atoms with van der Waals surface area (Å²) in [7, 11) is -3.64. The molecule has 0 saturated carbocycles. The van der Waals surface area contributed by atoms with Gasteiger partial charge in [0.1, 0.15) is 11.9 Å². The topological polar surface area (TPSA) is 148 Å². The number of ether oxygens (including phenoxy) is 1. The molecule has 3 heterocycles. The van der Waals surface area contributed by atoms with Crippen molar-refractivity contribution in [2.45, 2.75) is 42.5 Å². The molecule has 1 unspecified atom stereocenters. The molecule has 0 aliphatic carbocycles. The normalized spacial score (nSPS) is 19.4. The first kappa shape index (κ1) is 30.8. The molecule has 10 nitrogen and oxygen atoms in total. The monoisotopic (exact) mass is 639 g/mol. The quantitative estimate of drug-likeness (QED) is 0.338. The van der Waals surface area contributed by atoms with Gasteiger partial charge in [0.15, 0.2) is 9.84 Å². The molecule has 1 spiro atoms. The summed E-state index contributed by atoms with van der Waals surface area (Å²) in [4.78, 5) is 21.3. The third-order valence-electron chi connectivity index (χ3n) is 7.92. The summed E-state index contributed by atoms with van der Waals surface area (Å²) in [5.41, 5.74) is 5.65. The van der Waals surface area contributed by atoms with Crippen molar-refractivity contribution in [3.05, 3.63) is 59.1 Å². The van der Waals surface area contributed by atoms with Gasteiger partial charge in [-0.05, 0) is 60.1 Å². The molecule has 15 heteroatoms. The van der Waals surface area contributed by atoms with Crippen molar-refractivity contribution in [2.75, 3.05) is 36.5 Å². The SMILES string of the molecule is CS(=O)(=O)c1cccc(-c2cc(Cl)ccc2C(Oc2cc(N3CCC4(CC3)CN[C@H](C(=O)O)C4)nc(N)n2)C(F)(F)F)c1. The van der Waals surface area contributed by atoms with Crippen LogP contribution in [0.4, 0.5) is 24.9 Å². The molecule has 2 fully saturated rings. The van der Waals surface area contributed by atoms with Gasteiger partial charge in [-0.15, -0.1) is 0 Å². The maximum atomic E-state index is 14.6. The second-order valence-electron chi connectivity index (χ2n) is 11.0. The highest BCUT2D eigenvalue weighted by atomic mass is 35.5. The van der Waals surface area contributed by atoms with Crippen LogP contribution in [-0.2, 0) is 14.6 Å². The number of nitrogens with two attached hydrogens (primary N) is 1. The average molecular weight is 640 g/mol. The Kier molecular flexibility index (Phi) is 8.22. The Labute approximate surface area is 250 Å². The summed E-state index contributed by atoms with van der Waals surface area (Å²) in [5, 5.41) is 12.5. The molecular formula is C28H29ClF3N5O5S. The van der Waals surface area contributed by atoms with E-state index in [0.29, 0.717) is 38.9 Å². The number of rotatable bonds is 7. The van der Waals surface area contributed by atoms with Gasteiger partial charge in [0, 0.05) is 42.5 Å². The molecule has 2 saturated heterocycles. The zero-order valence-electron chi connectivity index (χ0n) is 22.9. The van der Waals surface area contributed by atoms with E-state index in [9.17, 15) is 31.5 Å². The summed E-state index contributed by atoms with van der Waals surface area (Å²) >= 11 is 6.16. The van der Waals surface area contributed by atoms with Crippen molar-refractivity contribution in [3.8, 4) is 17.0 Å². The first-order valence-corrected chi connectivity index (χ1v) is 15.6. The Hall–Kier alpha value is -3.62. The lowest BCUT2D eigenvalue weighted by Crippen LogP contribution is -2.41. The molecular weight excluding hydrogens is 611 g/mol. The Morgan fingerprint density at radius 1 is 1.19 bits per heavy atom. The molecule has 1 aromatic heterocycles. The molecule has 5 rings (SSSR count). The fraction of sp³-hybridized carbons (Fsp3) is 0.393. The van der Waals surface area contributed by atoms with E-state index in [1.807, 2.05) is 4.90 Å². The van der Waals surface area contributed by atoms with Gasteiger partial charge in [0.2, 0.25) is 17.9 Å². The van der Waals surface area contributed by atoms with E-state index in [1.54, 1.807) is 0 Å². The number of anilines is 2. The van der Waals surface area contributed by atoms with E-state index in [0.717, 1.165) is 6.26 Å². The van der Waals surface area contributed by atoms with E-state index in [4.69, 9.17) is 22.1 Å². The molecule has 0 bridgehead atoms. The van der Waals surface area contributed by atoms with E-state index < -0.39 is 40.0 Å². The zero-order valence-corrected chi connectivity index (χ0v) is 24.5. The lowest BCUT2D eigenvalue weighted by Gasteiger charge is -2.39. The molecule has 2 aliphatic heterocycles. The fourth-order valence-corrected chi connectivity index (χ4v) is 6.50. The van der Waals surface area contributed by atoms with Crippen molar-refractivity contribution in [2.24, 2.45) is 5.41 Å². The Bertz CT molecular complexity index is 1650. The number of aliphatic carboxylic acids is 1. The highest BCUT2D eigenvalue weighted by Crippen LogP contribution is 2.43. The molecule has 2 aromatic carbocycles. The number of carboxylic acids is 1. The minimum absolute atomic E-state index is 0.0359. The van der Waals surface area contributed by atoms with Crippen molar-refractivity contribution >= 4 is 39.2 Å². The van der Waals surface area contributed by atoms with Crippen molar-refractivity contribution < 1.29 is 36.2 Å². The average Bonchev–Trinajstić information content (AvgIpc) is 3.35. The number of hydrogen-bond donors (Lipinski definition) is 3. The Balaban J connectivity index is 1.44. The largest absolute Gasteiger partial charge is 0.480 e. The van der Waals surface area contributed by atoms with Crippen LogP contribution in [0.3, 0.4) is 0 Å². The smallest absolute Gasteiger partial charge is 0.429 e. The van der Waals surface area contributed by atoms with Gasteiger partial charge in [-0.3, -0.25) is 4.79 Å². The van der Waals surface area contributed by atoms with E-state index in [1.165, 1.54) is 48.5 Å². The second kappa shape index (κ2) is 11.5. The lowest BCUT2D eigenvalue weighted by molar-refractivity contribution is -0.198. The van der Waals surface area contributed by atoms with Crippen LogP contribution in [0, 0.1) is 5.41 Å². The third-order valence-corrected chi connectivity index (χ3v) is 9.27. The highest BCUT2D eigenvalue weighted by Gasteiger charge is 2.46. The highest BCUT2D eigenvalue weighted by molar-refractivity contribution is 7.90. The maximum absolute atomic E-state index is 14.6. The summed E-state index contributed by atoms with van der Waals surface area (Å²) in [6, 6.07) is 10.0. The number of carboxylic acid groups (broad SMARTS) is 1. The minimum Gasteiger partial charge on any atom is -0.480 e. The molecule has 0 radical (unpaired) electrons. The van der Waals surface area contributed by atoms with Gasteiger partial charge in [-0.1, -0.05) is 29.8 Å². The van der Waals surface area contributed by atoms with Crippen LogP contribution < -0.4 is 20.7 Å². The van der Waals surface area contributed by atoms with Crippen LogP contribution in [0.15, 0.2) is 53.4 Å². The summed E-state index contributed by atoms with van der Waals surface area (Å²) in [6.45, 7) is 1.55. The first-order chi connectivity index (χ1) is 20.1. The van der Waals surface area contributed by atoms with Crippen molar-refractivity contribution in [3.63, 3.8) is 0 Å².